The first-order valence-corrected chi connectivity index (χ1v) is 6.33. The van der Waals surface area contributed by atoms with E-state index in [2.05, 4.69) is 15.0 Å². The van der Waals surface area contributed by atoms with Gasteiger partial charge in [0.15, 0.2) is 17.4 Å². The zero-order valence-electron chi connectivity index (χ0n) is 11.1. The summed E-state index contributed by atoms with van der Waals surface area (Å²) in [6, 6.07) is 0. The quantitative estimate of drug-likeness (QED) is 0.379. The first-order valence-electron chi connectivity index (χ1n) is 6.33. The number of nitrogens with zero attached hydrogens (tertiary/aromatic N) is 3. The molecule has 2 aromatic heterocycles. The van der Waals surface area contributed by atoms with E-state index < -0.39 is 42.3 Å². The average Bonchev–Trinajstić information content (AvgIpc) is 2.74. The molecule has 4 atom stereocenters. The highest BCUT2D eigenvalue weighted by molar-refractivity contribution is 5.69. The third kappa shape index (κ3) is 2.07. The Hall–Kier alpha value is -2.34. The number of nitrogens with one attached hydrogen (secondary N) is 1. The number of ether oxygens (including phenoxy) is 1. The second kappa shape index (κ2) is 5.14. The van der Waals surface area contributed by atoms with E-state index in [0.29, 0.717) is 0 Å². The fourth-order valence-electron chi connectivity index (χ4n) is 2.38. The summed E-state index contributed by atoms with van der Waals surface area (Å²) >= 11 is 0. The van der Waals surface area contributed by atoms with E-state index >= 15 is 0 Å². The Bertz CT molecular complexity index is 832. The topological polar surface area (TPSA) is 177 Å². The number of nitrogen functional groups attached to an aromatic ring is 1. The van der Waals surface area contributed by atoms with Gasteiger partial charge in [0.1, 0.15) is 18.3 Å². The highest BCUT2D eigenvalue weighted by atomic mass is 16.6. The number of aliphatic hydroxyl groups excluding tert-OH is 3. The van der Waals surface area contributed by atoms with E-state index in [0.717, 1.165) is 10.8 Å². The normalized spacial score (nSPS) is 28.3. The van der Waals surface area contributed by atoms with Gasteiger partial charge in [0.2, 0.25) is 5.95 Å². The first kappa shape index (κ1) is 14.6. The van der Waals surface area contributed by atoms with Gasteiger partial charge in [0.05, 0.1) is 12.8 Å². The molecule has 1 saturated heterocycles. The summed E-state index contributed by atoms with van der Waals surface area (Å²) in [6.45, 7) is -0.553. The van der Waals surface area contributed by atoms with Crippen LogP contribution in [-0.4, -0.2) is 59.8 Å². The molecule has 0 bridgehead atoms. The number of H-pyrrole nitrogens is 1. The predicted molar refractivity (Wildman–Crippen MR) is 71.8 cm³/mol. The van der Waals surface area contributed by atoms with Crippen molar-refractivity contribution in [3.05, 3.63) is 26.9 Å². The fourth-order valence-corrected chi connectivity index (χ4v) is 2.38. The lowest BCUT2D eigenvalue weighted by molar-refractivity contribution is -0.0525. The van der Waals surface area contributed by atoms with Crippen molar-refractivity contribution < 1.29 is 20.1 Å². The summed E-state index contributed by atoms with van der Waals surface area (Å²) in [7, 11) is 0. The van der Waals surface area contributed by atoms with E-state index in [-0.39, 0.29) is 17.1 Å². The number of hydrogen-bond acceptors (Lipinski definition) is 9. The van der Waals surface area contributed by atoms with Crippen molar-refractivity contribution in [2.24, 2.45) is 0 Å². The summed E-state index contributed by atoms with van der Waals surface area (Å²) in [6.07, 6.45) is -4.44. The van der Waals surface area contributed by atoms with Gasteiger partial charge < -0.3 is 25.8 Å². The molecule has 22 heavy (non-hydrogen) atoms. The minimum Gasteiger partial charge on any atom is -0.394 e. The summed E-state index contributed by atoms with van der Waals surface area (Å²) in [5.41, 5.74) is 3.72. The Morgan fingerprint density at radius 2 is 2.09 bits per heavy atom. The van der Waals surface area contributed by atoms with Gasteiger partial charge in [-0.25, -0.2) is 4.98 Å². The molecule has 2 aromatic rings. The van der Waals surface area contributed by atoms with Crippen LogP contribution in [-0.2, 0) is 4.74 Å². The van der Waals surface area contributed by atoms with Gasteiger partial charge in [-0.1, -0.05) is 0 Å². The average molecular weight is 311 g/mol. The van der Waals surface area contributed by atoms with Crippen LogP contribution in [0.4, 0.5) is 5.95 Å². The molecule has 11 nitrogen and oxygen atoms in total. The minimum absolute atomic E-state index is 0.175. The summed E-state index contributed by atoms with van der Waals surface area (Å²) in [5, 5.41) is 28.9. The minimum atomic E-state index is -1.50. The smallest absolute Gasteiger partial charge is 0.280 e. The largest absolute Gasteiger partial charge is 0.394 e. The summed E-state index contributed by atoms with van der Waals surface area (Å²) < 4.78 is 6.15. The van der Waals surface area contributed by atoms with Crippen LogP contribution < -0.4 is 16.9 Å². The molecule has 0 spiro atoms. The highest BCUT2D eigenvalue weighted by Gasteiger charge is 2.44. The molecule has 0 aliphatic carbocycles. The lowest BCUT2D eigenvalue weighted by Crippen LogP contribution is -2.36. The highest BCUT2D eigenvalue weighted by Crippen LogP contribution is 2.29. The Kier molecular flexibility index (Phi) is 3.41. The molecule has 2 unspecified atom stereocenters. The lowest BCUT2D eigenvalue weighted by Gasteiger charge is -2.18. The molecule has 6 N–H and O–H groups in total. The number of hydrogen-bond donors (Lipinski definition) is 5. The number of nitrogens with two attached hydrogens (primary N) is 1. The third-order valence-electron chi connectivity index (χ3n) is 3.44. The van der Waals surface area contributed by atoms with Gasteiger partial charge in [0.25, 0.3) is 11.1 Å². The number of aromatic nitrogens is 4. The number of aliphatic hydroxyl groups is 3. The van der Waals surface area contributed by atoms with Crippen LogP contribution in [0.1, 0.15) is 6.23 Å². The molecule has 0 aromatic carbocycles. The van der Waals surface area contributed by atoms with Gasteiger partial charge in [-0.3, -0.25) is 19.1 Å². The Morgan fingerprint density at radius 1 is 1.36 bits per heavy atom. The molecule has 118 valence electrons. The molecule has 0 saturated carbocycles. The van der Waals surface area contributed by atoms with Crippen LogP contribution in [0.3, 0.4) is 0 Å². The van der Waals surface area contributed by atoms with Crippen LogP contribution in [0.2, 0.25) is 0 Å². The first-order chi connectivity index (χ1) is 10.4. The maximum Gasteiger partial charge on any atom is 0.280 e. The van der Waals surface area contributed by atoms with Crippen molar-refractivity contribution in [1.82, 2.24) is 19.5 Å². The van der Waals surface area contributed by atoms with Gasteiger partial charge in [0, 0.05) is 0 Å². The number of rotatable bonds is 2. The second-order valence-corrected chi connectivity index (χ2v) is 4.82. The van der Waals surface area contributed by atoms with Crippen LogP contribution in [0.5, 0.6) is 0 Å². The van der Waals surface area contributed by atoms with E-state index in [4.69, 9.17) is 15.6 Å². The summed E-state index contributed by atoms with van der Waals surface area (Å²) in [5.74, 6) is -0.245. The van der Waals surface area contributed by atoms with Crippen molar-refractivity contribution in [3.8, 4) is 0 Å². The van der Waals surface area contributed by atoms with Crippen LogP contribution >= 0.6 is 0 Å². The van der Waals surface area contributed by atoms with Crippen molar-refractivity contribution in [2.45, 2.75) is 24.5 Å². The van der Waals surface area contributed by atoms with Gasteiger partial charge in [-0.05, 0) is 0 Å². The van der Waals surface area contributed by atoms with Crippen molar-refractivity contribution in [3.63, 3.8) is 0 Å². The number of anilines is 1. The van der Waals surface area contributed by atoms with E-state index in [1.807, 2.05) is 0 Å². The molecule has 0 radical (unpaired) electrons. The standard InChI is InChI=1S/C11H13N5O6/c12-11-14-8-5(9(21)15-11)13-1-4(18)16(8)10-7(20)6(19)3(2-17)22-10/h1,3,6-7,10,17,19-20H,2H2,(H3,12,14,15,21)/t3-,6?,7?,10-/m1/s1. The lowest BCUT2D eigenvalue weighted by atomic mass is 10.1. The van der Waals surface area contributed by atoms with Gasteiger partial charge in [-0.15, -0.1) is 0 Å². The zero-order valence-corrected chi connectivity index (χ0v) is 11.1. The van der Waals surface area contributed by atoms with E-state index in [1.165, 1.54) is 0 Å². The van der Waals surface area contributed by atoms with Crippen LogP contribution in [0.25, 0.3) is 11.2 Å². The van der Waals surface area contributed by atoms with Crippen LogP contribution in [0, 0.1) is 0 Å². The fraction of sp³-hybridized carbons (Fsp3) is 0.455. The van der Waals surface area contributed by atoms with Crippen molar-refractivity contribution in [1.29, 1.82) is 0 Å². The maximum atomic E-state index is 12.1. The van der Waals surface area contributed by atoms with E-state index in [9.17, 15) is 19.8 Å². The molecule has 1 fully saturated rings. The third-order valence-corrected chi connectivity index (χ3v) is 3.44. The summed E-state index contributed by atoms with van der Waals surface area (Å²) in [4.78, 5) is 33.6. The molecule has 1 aliphatic rings. The number of fused-ring (bicyclic) bond motifs is 1. The van der Waals surface area contributed by atoms with Gasteiger partial charge >= 0.3 is 0 Å². The second-order valence-electron chi connectivity index (χ2n) is 4.82. The molecular weight excluding hydrogens is 298 g/mol. The van der Waals surface area contributed by atoms with Crippen molar-refractivity contribution in [2.75, 3.05) is 12.3 Å². The SMILES string of the molecule is Nc1nc2c(ncc(=O)n2[C@@H]2O[C@H](CO)C(O)C2O)c(=O)[nH]1. The Morgan fingerprint density at radius 3 is 2.73 bits per heavy atom. The monoisotopic (exact) mass is 311 g/mol. The van der Waals surface area contributed by atoms with Gasteiger partial charge in [-0.2, -0.15) is 4.98 Å². The zero-order chi connectivity index (χ0) is 16.0. The van der Waals surface area contributed by atoms with Crippen molar-refractivity contribution >= 4 is 17.1 Å². The Balaban J connectivity index is 2.25. The number of aromatic amines is 1. The van der Waals surface area contributed by atoms with E-state index in [1.54, 1.807) is 0 Å². The maximum absolute atomic E-state index is 12.1. The molecule has 0 amide bonds. The molecule has 1 aliphatic heterocycles. The molecule has 3 rings (SSSR count). The van der Waals surface area contributed by atoms with Crippen LogP contribution in [0.15, 0.2) is 15.8 Å². The predicted octanol–water partition coefficient (Wildman–Crippen LogP) is -3.33. The Labute approximate surface area is 121 Å². The molecule has 11 heteroatoms. The molecular formula is C11H13N5O6. The molecule has 3 heterocycles.